The predicted molar refractivity (Wildman–Crippen MR) is 107 cm³/mol. The van der Waals surface area contributed by atoms with Gasteiger partial charge in [-0.25, -0.2) is 0 Å². The number of benzene rings is 3. The van der Waals surface area contributed by atoms with E-state index in [-0.39, 0.29) is 11.6 Å². The molecule has 0 saturated heterocycles. The molecule has 4 nitrogen and oxygen atoms in total. The van der Waals surface area contributed by atoms with Crippen molar-refractivity contribution in [2.45, 2.75) is 13.0 Å². The Bertz CT molecular complexity index is 1030. The molecule has 3 aromatic carbocycles. The summed E-state index contributed by atoms with van der Waals surface area (Å²) in [6, 6.07) is 23.0. The van der Waals surface area contributed by atoms with Crippen LogP contribution in [-0.2, 0) is 4.79 Å². The van der Waals surface area contributed by atoms with Crippen LogP contribution in [0.3, 0.4) is 0 Å². The highest BCUT2D eigenvalue weighted by molar-refractivity contribution is 6.05. The third-order valence-electron chi connectivity index (χ3n) is 4.45. The Morgan fingerprint density at radius 3 is 2.48 bits per heavy atom. The second-order valence-electron chi connectivity index (χ2n) is 6.18. The zero-order valence-corrected chi connectivity index (χ0v) is 15.3. The van der Waals surface area contributed by atoms with Crippen LogP contribution in [0.15, 0.2) is 72.3 Å². The number of nitrogens with one attached hydrogen (secondary N) is 1. The quantitative estimate of drug-likeness (QED) is 0.535. The van der Waals surface area contributed by atoms with Gasteiger partial charge < -0.3 is 10.1 Å². The number of rotatable bonds is 5. The van der Waals surface area contributed by atoms with E-state index in [0.717, 1.165) is 21.9 Å². The number of amides is 1. The second-order valence-corrected chi connectivity index (χ2v) is 6.18. The molecule has 3 aromatic rings. The van der Waals surface area contributed by atoms with Crippen molar-refractivity contribution in [2.24, 2.45) is 0 Å². The van der Waals surface area contributed by atoms with Gasteiger partial charge in [-0.2, -0.15) is 5.26 Å². The zero-order valence-electron chi connectivity index (χ0n) is 15.3. The van der Waals surface area contributed by atoms with E-state index >= 15 is 0 Å². The molecule has 0 aliphatic carbocycles. The first-order chi connectivity index (χ1) is 13.1. The van der Waals surface area contributed by atoms with Crippen molar-refractivity contribution in [3.8, 4) is 11.8 Å². The van der Waals surface area contributed by atoms with Gasteiger partial charge in [0.2, 0.25) is 0 Å². The summed E-state index contributed by atoms with van der Waals surface area (Å²) in [5, 5.41) is 14.4. The lowest BCUT2D eigenvalue weighted by Gasteiger charge is -2.14. The number of ether oxygens (including phenoxy) is 1. The third-order valence-corrected chi connectivity index (χ3v) is 4.45. The largest absolute Gasteiger partial charge is 0.496 e. The molecular weight excluding hydrogens is 336 g/mol. The van der Waals surface area contributed by atoms with Gasteiger partial charge >= 0.3 is 0 Å². The van der Waals surface area contributed by atoms with Gasteiger partial charge in [-0.3, -0.25) is 4.79 Å². The summed E-state index contributed by atoms with van der Waals surface area (Å²) in [6.07, 6.45) is 1.59. The molecule has 0 bridgehead atoms. The number of methoxy groups -OCH3 is 1. The fraction of sp³-hybridized carbons (Fsp3) is 0.130. The van der Waals surface area contributed by atoms with Crippen LogP contribution in [-0.4, -0.2) is 13.0 Å². The molecule has 0 saturated carbocycles. The van der Waals surface area contributed by atoms with Crippen molar-refractivity contribution in [1.29, 1.82) is 5.26 Å². The predicted octanol–water partition coefficient (Wildman–Crippen LogP) is 4.63. The maximum atomic E-state index is 12.7. The maximum absolute atomic E-state index is 12.7. The maximum Gasteiger partial charge on any atom is 0.262 e. The van der Waals surface area contributed by atoms with Crippen LogP contribution in [0.25, 0.3) is 16.8 Å². The van der Waals surface area contributed by atoms with Gasteiger partial charge in [0.25, 0.3) is 5.91 Å². The monoisotopic (exact) mass is 356 g/mol. The minimum absolute atomic E-state index is 0.0347. The molecular formula is C23H20N2O2. The summed E-state index contributed by atoms with van der Waals surface area (Å²) in [6.45, 7) is 1.89. The Balaban J connectivity index is 1.96. The number of carbonyl (C=O) groups excluding carboxylic acids is 1. The van der Waals surface area contributed by atoms with E-state index in [9.17, 15) is 10.1 Å². The fourth-order valence-electron chi connectivity index (χ4n) is 2.99. The minimum atomic E-state index is -0.413. The van der Waals surface area contributed by atoms with Crippen molar-refractivity contribution in [3.63, 3.8) is 0 Å². The highest BCUT2D eigenvalue weighted by atomic mass is 16.5. The van der Waals surface area contributed by atoms with E-state index in [2.05, 4.69) is 5.32 Å². The van der Waals surface area contributed by atoms with Crippen LogP contribution in [0.1, 0.15) is 24.1 Å². The van der Waals surface area contributed by atoms with Crippen LogP contribution >= 0.6 is 0 Å². The molecule has 4 heteroatoms. The molecule has 0 radical (unpaired) electrons. The Morgan fingerprint density at radius 1 is 1.07 bits per heavy atom. The van der Waals surface area contributed by atoms with Crippen LogP contribution in [0.5, 0.6) is 5.75 Å². The Kier molecular flexibility index (Phi) is 5.53. The number of fused-ring (bicyclic) bond motifs is 1. The summed E-state index contributed by atoms with van der Waals surface area (Å²) >= 11 is 0. The summed E-state index contributed by atoms with van der Waals surface area (Å²) in [7, 11) is 1.57. The van der Waals surface area contributed by atoms with Crippen molar-refractivity contribution >= 4 is 22.8 Å². The van der Waals surface area contributed by atoms with Crippen LogP contribution in [0.4, 0.5) is 0 Å². The minimum Gasteiger partial charge on any atom is -0.496 e. The molecule has 0 heterocycles. The number of nitrogens with zero attached hydrogens (tertiary/aromatic N) is 1. The lowest BCUT2D eigenvalue weighted by molar-refractivity contribution is -0.117. The van der Waals surface area contributed by atoms with Crippen LogP contribution < -0.4 is 10.1 Å². The van der Waals surface area contributed by atoms with Gasteiger partial charge in [0.15, 0.2) is 0 Å². The summed E-state index contributed by atoms with van der Waals surface area (Å²) in [5.74, 6) is 0.203. The molecule has 0 aliphatic heterocycles. The molecule has 1 unspecified atom stereocenters. The number of hydrogen-bond acceptors (Lipinski definition) is 3. The highest BCUT2D eigenvalue weighted by Gasteiger charge is 2.15. The van der Waals surface area contributed by atoms with Crippen LogP contribution in [0, 0.1) is 11.3 Å². The third kappa shape index (κ3) is 3.99. The Hall–Kier alpha value is -3.58. The normalized spacial score (nSPS) is 12.3. The summed E-state index contributed by atoms with van der Waals surface area (Å²) < 4.78 is 5.44. The van der Waals surface area contributed by atoms with Gasteiger partial charge in [0, 0.05) is 5.56 Å². The standard InChI is InChI=1S/C23H20N2O2/c1-16(17-8-4-3-5-9-17)25-23(26)19(15-24)14-21-20-11-7-6-10-18(20)12-13-22(21)27-2/h3-14,16H,1-2H3,(H,25,26)/b19-14+. The van der Waals surface area contributed by atoms with Gasteiger partial charge in [0.1, 0.15) is 17.4 Å². The van der Waals surface area contributed by atoms with Gasteiger partial charge in [-0.1, -0.05) is 60.7 Å². The van der Waals surface area contributed by atoms with E-state index in [0.29, 0.717) is 5.75 Å². The van der Waals surface area contributed by atoms with Gasteiger partial charge in [0.05, 0.1) is 13.2 Å². The highest BCUT2D eigenvalue weighted by Crippen LogP contribution is 2.30. The van der Waals surface area contributed by atoms with E-state index < -0.39 is 5.91 Å². The molecule has 0 aliphatic rings. The number of hydrogen-bond donors (Lipinski definition) is 1. The fourth-order valence-corrected chi connectivity index (χ4v) is 2.99. The topological polar surface area (TPSA) is 62.1 Å². The SMILES string of the molecule is COc1ccc2ccccc2c1/C=C(\C#N)C(=O)NC(C)c1ccccc1. The van der Waals surface area contributed by atoms with Crippen molar-refractivity contribution < 1.29 is 9.53 Å². The van der Waals surface area contributed by atoms with E-state index in [4.69, 9.17) is 4.74 Å². The molecule has 134 valence electrons. The first-order valence-corrected chi connectivity index (χ1v) is 8.67. The van der Waals surface area contributed by atoms with Gasteiger partial charge in [-0.15, -0.1) is 0 Å². The van der Waals surface area contributed by atoms with Gasteiger partial charge in [-0.05, 0) is 35.4 Å². The first kappa shape index (κ1) is 18.2. The molecule has 1 N–H and O–H groups in total. The van der Waals surface area contributed by atoms with E-state index in [1.165, 1.54) is 0 Å². The molecule has 0 fully saturated rings. The van der Waals surface area contributed by atoms with E-state index in [1.807, 2.05) is 79.7 Å². The molecule has 0 spiro atoms. The van der Waals surface area contributed by atoms with Crippen molar-refractivity contribution in [3.05, 3.63) is 83.4 Å². The number of carbonyl (C=O) groups is 1. The second kappa shape index (κ2) is 8.20. The van der Waals surface area contributed by atoms with Crippen molar-refractivity contribution in [1.82, 2.24) is 5.32 Å². The van der Waals surface area contributed by atoms with Crippen molar-refractivity contribution in [2.75, 3.05) is 7.11 Å². The lowest BCUT2D eigenvalue weighted by Crippen LogP contribution is -2.27. The average Bonchev–Trinajstić information content (AvgIpc) is 2.72. The number of nitriles is 1. The first-order valence-electron chi connectivity index (χ1n) is 8.67. The van der Waals surface area contributed by atoms with E-state index in [1.54, 1.807) is 13.2 Å². The molecule has 1 atom stereocenters. The Morgan fingerprint density at radius 2 is 1.78 bits per heavy atom. The molecule has 27 heavy (non-hydrogen) atoms. The Labute approximate surface area is 158 Å². The lowest BCUT2D eigenvalue weighted by atomic mass is 10.0. The molecule has 0 aromatic heterocycles. The summed E-state index contributed by atoms with van der Waals surface area (Å²) in [5.41, 5.74) is 1.73. The molecule has 3 rings (SSSR count). The van der Waals surface area contributed by atoms with Crippen LogP contribution in [0.2, 0.25) is 0 Å². The smallest absolute Gasteiger partial charge is 0.262 e. The molecule has 1 amide bonds. The average molecular weight is 356 g/mol. The zero-order chi connectivity index (χ0) is 19.2. The summed E-state index contributed by atoms with van der Waals surface area (Å²) in [4.78, 5) is 12.7.